The average molecular weight is 407 g/mol. The van der Waals surface area contributed by atoms with Gasteiger partial charge in [-0.2, -0.15) is 5.10 Å². The lowest BCUT2D eigenvalue weighted by Crippen LogP contribution is -2.50. The van der Waals surface area contributed by atoms with Crippen molar-refractivity contribution < 1.29 is 14.0 Å². The summed E-state index contributed by atoms with van der Waals surface area (Å²) in [5.74, 6) is -0.284. The number of likely N-dealkylation sites (tertiary alicyclic amines) is 1. The van der Waals surface area contributed by atoms with E-state index in [2.05, 4.69) is 15.4 Å². The van der Waals surface area contributed by atoms with Crippen molar-refractivity contribution in [3.63, 3.8) is 0 Å². The van der Waals surface area contributed by atoms with Crippen LogP contribution in [0.3, 0.4) is 0 Å². The van der Waals surface area contributed by atoms with Gasteiger partial charge in [-0.3, -0.25) is 9.59 Å². The number of nitrogens with zero attached hydrogens (tertiary/aromatic N) is 4. The molecule has 1 aromatic carbocycles. The van der Waals surface area contributed by atoms with Crippen LogP contribution < -0.4 is 5.32 Å². The topological polar surface area (TPSA) is 93.3 Å². The number of nitrogens with one attached hydrogen (secondary N) is 1. The van der Waals surface area contributed by atoms with E-state index < -0.39 is 6.04 Å². The third-order valence-corrected chi connectivity index (χ3v) is 5.40. The molecule has 156 valence electrons. The highest BCUT2D eigenvalue weighted by atomic mass is 16.3. The van der Waals surface area contributed by atoms with Gasteiger partial charge < -0.3 is 14.6 Å². The standard InChI is InChI=1S/C22H25N5O3/c1-14-12-15(2)27(25-14)18-9-7-17(8-10-18)24-21(28)19-6-4-5-11-26(19)22(29)20-16(3)23-13-30-20/h7-10,12-13,19H,4-6,11H2,1-3H3,(H,24,28). The fourth-order valence-electron chi connectivity index (χ4n) is 3.89. The van der Waals surface area contributed by atoms with Gasteiger partial charge in [0.1, 0.15) is 6.04 Å². The molecule has 4 rings (SSSR count). The minimum Gasteiger partial charge on any atom is -0.438 e. The number of carbonyl (C=O) groups excluding carboxylic acids is 2. The lowest BCUT2D eigenvalue weighted by Gasteiger charge is -2.34. The molecule has 0 radical (unpaired) electrons. The summed E-state index contributed by atoms with van der Waals surface area (Å²) in [4.78, 5) is 31.5. The Morgan fingerprint density at radius 1 is 1.13 bits per heavy atom. The van der Waals surface area contributed by atoms with Crippen LogP contribution in [-0.4, -0.2) is 44.1 Å². The molecule has 0 aliphatic carbocycles. The molecule has 8 nitrogen and oxygen atoms in total. The van der Waals surface area contributed by atoms with Crippen molar-refractivity contribution >= 4 is 17.5 Å². The Bertz CT molecular complexity index is 1070. The number of hydrogen-bond acceptors (Lipinski definition) is 5. The van der Waals surface area contributed by atoms with E-state index in [0.29, 0.717) is 24.3 Å². The second-order valence-corrected chi connectivity index (χ2v) is 7.65. The summed E-state index contributed by atoms with van der Waals surface area (Å²) in [5.41, 5.74) is 4.13. The number of hydrogen-bond donors (Lipinski definition) is 1. The Balaban J connectivity index is 1.48. The van der Waals surface area contributed by atoms with Crippen molar-refractivity contribution in [1.82, 2.24) is 19.7 Å². The second-order valence-electron chi connectivity index (χ2n) is 7.65. The Morgan fingerprint density at radius 2 is 1.90 bits per heavy atom. The van der Waals surface area contributed by atoms with Crippen LogP contribution in [0.5, 0.6) is 0 Å². The van der Waals surface area contributed by atoms with Gasteiger partial charge in [0.05, 0.1) is 17.1 Å². The first-order valence-electron chi connectivity index (χ1n) is 10.1. The van der Waals surface area contributed by atoms with E-state index in [9.17, 15) is 9.59 Å². The SMILES string of the molecule is Cc1cc(C)n(-c2ccc(NC(=O)C3CCCCN3C(=O)c3ocnc3C)cc2)n1. The summed E-state index contributed by atoms with van der Waals surface area (Å²) in [6, 6.07) is 9.00. The number of anilines is 1. The van der Waals surface area contributed by atoms with E-state index in [4.69, 9.17) is 4.42 Å². The van der Waals surface area contributed by atoms with Crippen LogP contribution in [-0.2, 0) is 4.79 Å². The maximum atomic E-state index is 13.0. The third-order valence-electron chi connectivity index (χ3n) is 5.40. The van der Waals surface area contributed by atoms with Gasteiger partial charge in [-0.1, -0.05) is 0 Å². The van der Waals surface area contributed by atoms with Crippen LogP contribution >= 0.6 is 0 Å². The number of carbonyl (C=O) groups is 2. The first kappa shape index (κ1) is 19.9. The number of amides is 2. The minimum atomic E-state index is -0.536. The molecule has 1 atom stereocenters. The van der Waals surface area contributed by atoms with Crippen molar-refractivity contribution in [2.75, 3.05) is 11.9 Å². The molecule has 3 aromatic rings. The van der Waals surface area contributed by atoms with Gasteiger partial charge in [-0.25, -0.2) is 9.67 Å². The molecular weight excluding hydrogens is 382 g/mol. The zero-order valence-electron chi connectivity index (χ0n) is 17.4. The number of benzene rings is 1. The van der Waals surface area contributed by atoms with Crippen molar-refractivity contribution in [2.24, 2.45) is 0 Å². The van der Waals surface area contributed by atoms with Gasteiger partial charge in [0.15, 0.2) is 6.39 Å². The first-order chi connectivity index (χ1) is 14.4. The van der Waals surface area contributed by atoms with Crippen molar-refractivity contribution in [1.29, 1.82) is 0 Å². The summed E-state index contributed by atoms with van der Waals surface area (Å²) in [5, 5.41) is 7.42. The van der Waals surface area contributed by atoms with Crippen molar-refractivity contribution in [3.05, 3.63) is 59.6 Å². The largest absolute Gasteiger partial charge is 0.438 e. The number of aryl methyl sites for hydroxylation is 3. The van der Waals surface area contributed by atoms with E-state index >= 15 is 0 Å². The van der Waals surface area contributed by atoms with Crippen LogP contribution in [0, 0.1) is 20.8 Å². The number of rotatable bonds is 4. The van der Waals surface area contributed by atoms with Crippen LogP contribution in [0.4, 0.5) is 5.69 Å². The van der Waals surface area contributed by atoms with E-state index in [1.807, 2.05) is 48.9 Å². The molecular formula is C22H25N5O3. The third kappa shape index (κ3) is 3.85. The Morgan fingerprint density at radius 3 is 2.53 bits per heavy atom. The van der Waals surface area contributed by atoms with Gasteiger partial charge in [-0.15, -0.1) is 0 Å². The quantitative estimate of drug-likeness (QED) is 0.715. The van der Waals surface area contributed by atoms with E-state index in [-0.39, 0.29) is 17.6 Å². The van der Waals surface area contributed by atoms with Crippen LogP contribution in [0.15, 0.2) is 41.1 Å². The van der Waals surface area contributed by atoms with Crippen LogP contribution in [0.2, 0.25) is 0 Å². The molecule has 1 unspecified atom stereocenters. The average Bonchev–Trinajstić information content (AvgIpc) is 3.32. The second kappa shape index (κ2) is 8.14. The molecule has 1 fully saturated rings. The zero-order chi connectivity index (χ0) is 21.3. The summed E-state index contributed by atoms with van der Waals surface area (Å²) in [7, 11) is 0. The summed E-state index contributed by atoms with van der Waals surface area (Å²) < 4.78 is 7.11. The van der Waals surface area contributed by atoms with Crippen LogP contribution in [0.25, 0.3) is 5.69 Å². The monoisotopic (exact) mass is 407 g/mol. The molecule has 3 heterocycles. The highest BCUT2D eigenvalue weighted by Crippen LogP contribution is 2.23. The molecule has 1 aliphatic rings. The predicted molar refractivity (Wildman–Crippen MR) is 112 cm³/mol. The molecule has 0 bridgehead atoms. The van der Waals surface area contributed by atoms with E-state index in [1.165, 1.54) is 6.39 Å². The maximum absolute atomic E-state index is 13.0. The number of oxazole rings is 1. The first-order valence-corrected chi connectivity index (χ1v) is 10.1. The Kier molecular flexibility index (Phi) is 5.39. The van der Waals surface area contributed by atoms with Crippen LogP contribution in [0.1, 0.15) is 46.9 Å². The molecule has 0 spiro atoms. The van der Waals surface area contributed by atoms with Gasteiger partial charge in [-0.05, 0) is 70.4 Å². The highest BCUT2D eigenvalue weighted by molar-refractivity contribution is 6.00. The van der Waals surface area contributed by atoms with Crippen molar-refractivity contribution in [2.45, 2.75) is 46.1 Å². The summed E-state index contributed by atoms with van der Waals surface area (Å²) >= 11 is 0. The maximum Gasteiger partial charge on any atom is 0.292 e. The molecule has 30 heavy (non-hydrogen) atoms. The smallest absolute Gasteiger partial charge is 0.292 e. The molecule has 0 saturated carbocycles. The molecule has 2 aromatic heterocycles. The highest BCUT2D eigenvalue weighted by Gasteiger charge is 2.34. The minimum absolute atomic E-state index is 0.195. The Labute approximate surface area is 174 Å². The van der Waals surface area contributed by atoms with Gasteiger partial charge in [0.25, 0.3) is 5.91 Å². The van der Waals surface area contributed by atoms with Gasteiger partial charge in [0, 0.05) is 17.9 Å². The van der Waals surface area contributed by atoms with E-state index in [0.717, 1.165) is 29.9 Å². The van der Waals surface area contributed by atoms with E-state index in [1.54, 1.807) is 11.8 Å². The summed E-state index contributed by atoms with van der Waals surface area (Å²) in [6.45, 7) is 6.20. The van der Waals surface area contributed by atoms with Gasteiger partial charge in [0.2, 0.25) is 11.7 Å². The Hall–Kier alpha value is -3.42. The van der Waals surface area contributed by atoms with Crippen molar-refractivity contribution in [3.8, 4) is 5.69 Å². The molecule has 1 saturated heterocycles. The lowest BCUT2D eigenvalue weighted by atomic mass is 10.0. The molecule has 1 aliphatic heterocycles. The molecule has 1 N–H and O–H groups in total. The lowest BCUT2D eigenvalue weighted by molar-refractivity contribution is -0.121. The fraction of sp³-hybridized carbons (Fsp3) is 0.364. The number of piperidine rings is 1. The predicted octanol–water partition coefficient (Wildman–Crippen LogP) is 3.42. The normalized spacial score (nSPS) is 16.5. The van der Waals surface area contributed by atoms with Gasteiger partial charge >= 0.3 is 0 Å². The summed E-state index contributed by atoms with van der Waals surface area (Å²) in [6.07, 6.45) is 3.63. The molecule has 2 amide bonds. The number of aromatic nitrogens is 3. The fourth-order valence-corrected chi connectivity index (χ4v) is 3.89. The zero-order valence-corrected chi connectivity index (χ0v) is 17.4. The molecule has 8 heteroatoms.